The Balaban J connectivity index is 2.21. The molecule has 0 saturated heterocycles. The van der Waals surface area contributed by atoms with E-state index in [2.05, 4.69) is 18.2 Å². The predicted molar refractivity (Wildman–Crippen MR) is 72.0 cm³/mol. The van der Waals surface area contributed by atoms with Crippen molar-refractivity contribution in [2.45, 2.75) is 19.1 Å². The minimum atomic E-state index is -1.23. The zero-order valence-corrected chi connectivity index (χ0v) is 10.7. The molecule has 0 spiro atoms. The Labute approximate surface area is 104 Å². The number of benzene rings is 2. The first kappa shape index (κ1) is 12.3. The second-order valence-electron chi connectivity index (χ2n) is 3.91. The van der Waals surface area contributed by atoms with Gasteiger partial charge < -0.3 is 0 Å². The highest BCUT2D eigenvalue weighted by molar-refractivity contribution is 7.79. The molecule has 1 unspecified atom stereocenters. The summed E-state index contributed by atoms with van der Waals surface area (Å²) in [6, 6.07) is 14.2. The smallest absolute Gasteiger partial charge is 0.160 e. The van der Waals surface area contributed by atoms with E-state index in [9.17, 15) is 4.21 Å². The first-order valence-electron chi connectivity index (χ1n) is 5.79. The van der Waals surface area contributed by atoms with Gasteiger partial charge in [-0.3, -0.25) is 4.18 Å². The number of hydrogen-bond donors (Lipinski definition) is 0. The number of rotatable bonds is 5. The zero-order valence-electron chi connectivity index (χ0n) is 9.89. The van der Waals surface area contributed by atoms with Crippen molar-refractivity contribution < 1.29 is 8.39 Å². The molecule has 0 heterocycles. The summed E-state index contributed by atoms with van der Waals surface area (Å²) >= 11 is -1.23. The van der Waals surface area contributed by atoms with Gasteiger partial charge in [0.05, 0.1) is 12.4 Å². The Morgan fingerprint density at radius 2 is 1.88 bits per heavy atom. The third-order valence-electron chi connectivity index (χ3n) is 2.57. The van der Waals surface area contributed by atoms with Gasteiger partial charge in [0.15, 0.2) is 11.1 Å². The fourth-order valence-corrected chi connectivity index (χ4v) is 2.70. The molecule has 17 heavy (non-hydrogen) atoms. The molecular weight excluding hydrogens is 232 g/mol. The Morgan fingerprint density at radius 1 is 1.12 bits per heavy atom. The minimum Gasteiger partial charge on any atom is -0.290 e. The van der Waals surface area contributed by atoms with Crippen molar-refractivity contribution in [2.24, 2.45) is 0 Å². The van der Waals surface area contributed by atoms with Gasteiger partial charge in [-0.15, -0.1) is 0 Å². The lowest BCUT2D eigenvalue weighted by molar-refractivity contribution is 0.347. The second kappa shape index (κ2) is 5.94. The van der Waals surface area contributed by atoms with Gasteiger partial charge in [0.2, 0.25) is 0 Å². The largest absolute Gasteiger partial charge is 0.290 e. The van der Waals surface area contributed by atoms with Crippen LogP contribution in [0.4, 0.5) is 0 Å². The topological polar surface area (TPSA) is 26.3 Å². The molecule has 90 valence electrons. The quantitative estimate of drug-likeness (QED) is 0.810. The highest BCUT2D eigenvalue weighted by atomic mass is 32.2. The van der Waals surface area contributed by atoms with E-state index in [1.807, 2.05) is 31.2 Å². The third-order valence-corrected chi connectivity index (χ3v) is 3.55. The Kier molecular flexibility index (Phi) is 4.29. The summed E-state index contributed by atoms with van der Waals surface area (Å²) in [5.74, 6) is 0.460. The van der Waals surface area contributed by atoms with Gasteiger partial charge in [0, 0.05) is 0 Å². The minimum absolute atomic E-state index is 0.460. The lowest BCUT2D eigenvalue weighted by Crippen LogP contribution is -2.02. The normalized spacial score (nSPS) is 12.8. The van der Waals surface area contributed by atoms with Gasteiger partial charge in [-0.05, 0) is 22.8 Å². The maximum atomic E-state index is 11.7. The van der Waals surface area contributed by atoms with E-state index in [1.165, 1.54) is 5.39 Å². The van der Waals surface area contributed by atoms with Crippen LogP contribution in [-0.2, 0) is 21.0 Å². The lowest BCUT2D eigenvalue weighted by Gasteiger charge is -2.06. The van der Waals surface area contributed by atoms with Crippen LogP contribution in [-0.4, -0.2) is 10.8 Å². The summed E-state index contributed by atoms with van der Waals surface area (Å²) in [5.41, 5.74) is 1.08. The van der Waals surface area contributed by atoms with Crippen LogP contribution < -0.4 is 0 Å². The molecule has 0 bridgehead atoms. The van der Waals surface area contributed by atoms with E-state index in [0.717, 1.165) is 17.4 Å². The van der Waals surface area contributed by atoms with Crippen LogP contribution in [0.15, 0.2) is 42.5 Å². The second-order valence-corrected chi connectivity index (χ2v) is 5.04. The number of hydrogen-bond acceptors (Lipinski definition) is 2. The van der Waals surface area contributed by atoms with Crippen molar-refractivity contribution in [3.63, 3.8) is 0 Å². The van der Waals surface area contributed by atoms with E-state index < -0.39 is 11.1 Å². The number of fused-ring (bicyclic) bond motifs is 1. The molecule has 0 aliphatic heterocycles. The summed E-state index contributed by atoms with van der Waals surface area (Å²) in [7, 11) is 0. The van der Waals surface area contributed by atoms with Crippen LogP contribution in [0, 0.1) is 0 Å². The molecule has 2 rings (SSSR count). The molecule has 0 aliphatic rings. The first-order valence-corrected chi connectivity index (χ1v) is 7.04. The molecule has 0 amide bonds. The zero-order chi connectivity index (χ0) is 12.1. The molecule has 1 atom stereocenters. The van der Waals surface area contributed by atoms with Crippen molar-refractivity contribution in [2.75, 3.05) is 6.61 Å². The fourth-order valence-electron chi connectivity index (χ4n) is 1.76. The predicted octanol–water partition coefficient (Wildman–Crippen LogP) is 3.43. The van der Waals surface area contributed by atoms with Crippen molar-refractivity contribution >= 4 is 21.9 Å². The summed E-state index contributed by atoms with van der Waals surface area (Å²) in [5, 5.41) is 2.33. The SMILES string of the molecule is CCCOS(=O)Cc1cccc2ccccc12. The Bertz CT molecular complexity index is 517. The molecule has 0 fully saturated rings. The van der Waals surface area contributed by atoms with Gasteiger partial charge >= 0.3 is 0 Å². The first-order chi connectivity index (χ1) is 8.31. The average Bonchev–Trinajstić information content (AvgIpc) is 2.37. The maximum Gasteiger partial charge on any atom is 0.160 e. The molecule has 2 nitrogen and oxygen atoms in total. The van der Waals surface area contributed by atoms with E-state index in [0.29, 0.717) is 12.4 Å². The fraction of sp³-hybridized carbons (Fsp3) is 0.286. The van der Waals surface area contributed by atoms with Crippen LogP contribution in [0.25, 0.3) is 10.8 Å². The summed E-state index contributed by atoms with van der Waals surface area (Å²) in [6.45, 7) is 2.56. The molecule has 0 radical (unpaired) electrons. The summed E-state index contributed by atoms with van der Waals surface area (Å²) in [6.07, 6.45) is 0.890. The molecule has 2 aromatic rings. The van der Waals surface area contributed by atoms with Crippen LogP contribution in [0.5, 0.6) is 0 Å². The molecule has 3 heteroatoms. The average molecular weight is 248 g/mol. The molecule has 0 N–H and O–H groups in total. The van der Waals surface area contributed by atoms with Gasteiger partial charge in [-0.25, -0.2) is 4.21 Å². The molecular formula is C14H16O2S. The molecule has 0 aliphatic carbocycles. The van der Waals surface area contributed by atoms with Crippen molar-refractivity contribution in [3.8, 4) is 0 Å². The third kappa shape index (κ3) is 3.14. The van der Waals surface area contributed by atoms with Crippen LogP contribution in [0.1, 0.15) is 18.9 Å². The standard InChI is InChI=1S/C14H16O2S/c1-2-10-16-17(15)11-13-8-5-7-12-6-3-4-9-14(12)13/h3-9H,2,10-11H2,1H3. The summed E-state index contributed by atoms with van der Waals surface area (Å²) < 4.78 is 16.9. The highest BCUT2D eigenvalue weighted by Gasteiger charge is 2.05. The molecule has 0 saturated carbocycles. The van der Waals surface area contributed by atoms with Gasteiger partial charge in [-0.2, -0.15) is 0 Å². The lowest BCUT2D eigenvalue weighted by atomic mass is 10.1. The van der Waals surface area contributed by atoms with Crippen LogP contribution >= 0.6 is 0 Å². The van der Waals surface area contributed by atoms with Crippen molar-refractivity contribution in [1.29, 1.82) is 0 Å². The van der Waals surface area contributed by atoms with Crippen molar-refractivity contribution in [1.82, 2.24) is 0 Å². The van der Waals surface area contributed by atoms with E-state index >= 15 is 0 Å². The highest BCUT2D eigenvalue weighted by Crippen LogP contribution is 2.19. The summed E-state index contributed by atoms with van der Waals surface area (Å²) in [4.78, 5) is 0. The van der Waals surface area contributed by atoms with E-state index in [1.54, 1.807) is 0 Å². The monoisotopic (exact) mass is 248 g/mol. The van der Waals surface area contributed by atoms with Gasteiger partial charge in [-0.1, -0.05) is 49.4 Å². The Hall–Kier alpha value is -1.19. The van der Waals surface area contributed by atoms with Crippen LogP contribution in [0.3, 0.4) is 0 Å². The maximum absolute atomic E-state index is 11.7. The Morgan fingerprint density at radius 3 is 2.71 bits per heavy atom. The van der Waals surface area contributed by atoms with E-state index in [-0.39, 0.29) is 0 Å². The van der Waals surface area contributed by atoms with E-state index in [4.69, 9.17) is 4.18 Å². The molecule has 0 aromatic heterocycles. The van der Waals surface area contributed by atoms with Crippen molar-refractivity contribution in [3.05, 3.63) is 48.0 Å². The molecule has 2 aromatic carbocycles. The van der Waals surface area contributed by atoms with Gasteiger partial charge in [0.1, 0.15) is 0 Å². The van der Waals surface area contributed by atoms with Crippen LogP contribution in [0.2, 0.25) is 0 Å². The van der Waals surface area contributed by atoms with Gasteiger partial charge in [0.25, 0.3) is 0 Å².